The molecule has 0 N–H and O–H groups in total. The summed E-state index contributed by atoms with van der Waals surface area (Å²) in [7, 11) is 1.32. The number of para-hydroxylation sites is 4. The van der Waals surface area contributed by atoms with E-state index in [1.165, 1.54) is 11.7 Å². The first-order chi connectivity index (χ1) is 14.7. The van der Waals surface area contributed by atoms with Crippen molar-refractivity contribution in [3.05, 3.63) is 78.6 Å². The summed E-state index contributed by atoms with van der Waals surface area (Å²) in [5, 5.41) is 0. The third-order valence-corrected chi connectivity index (χ3v) is 6.11. The standard InChI is InChI=1S/C23H17N3O3S/c1-29-22(27)14-21-24-15-8-2-3-9-16(15)26(21)23(28)25-17-10-4-6-12-19(17)30-20-13-7-5-11-18(20)25/h2-13H,14H2,1H3. The first-order valence-electron chi connectivity index (χ1n) is 9.41. The van der Waals surface area contributed by atoms with Crippen LogP contribution in [0.4, 0.5) is 16.2 Å². The van der Waals surface area contributed by atoms with Gasteiger partial charge in [-0.15, -0.1) is 0 Å². The van der Waals surface area contributed by atoms with E-state index in [2.05, 4.69) is 4.98 Å². The predicted molar refractivity (Wildman–Crippen MR) is 115 cm³/mol. The second-order valence-electron chi connectivity index (χ2n) is 6.76. The summed E-state index contributed by atoms with van der Waals surface area (Å²) in [6.07, 6.45) is -0.0944. The van der Waals surface area contributed by atoms with Crippen molar-refractivity contribution in [1.29, 1.82) is 0 Å². The Kier molecular flexibility index (Phi) is 4.52. The van der Waals surface area contributed by atoms with Crippen molar-refractivity contribution >= 4 is 46.2 Å². The minimum atomic E-state index is -0.450. The molecule has 6 nitrogen and oxygen atoms in total. The summed E-state index contributed by atoms with van der Waals surface area (Å²) < 4.78 is 6.33. The van der Waals surface area contributed by atoms with Gasteiger partial charge in [-0.2, -0.15) is 0 Å². The third kappa shape index (κ3) is 2.95. The van der Waals surface area contributed by atoms with Gasteiger partial charge >= 0.3 is 12.0 Å². The lowest BCUT2D eigenvalue weighted by atomic mass is 10.2. The van der Waals surface area contributed by atoms with Crippen molar-refractivity contribution in [3.63, 3.8) is 0 Å². The van der Waals surface area contributed by atoms with E-state index in [1.54, 1.807) is 16.7 Å². The van der Waals surface area contributed by atoms with Gasteiger partial charge in [0.05, 0.1) is 29.5 Å². The maximum atomic E-state index is 14.0. The molecule has 30 heavy (non-hydrogen) atoms. The molecule has 0 spiro atoms. The molecule has 0 unspecified atom stereocenters. The Labute approximate surface area is 177 Å². The van der Waals surface area contributed by atoms with E-state index in [1.807, 2.05) is 72.8 Å². The van der Waals surface area contributed by atoms with E-state index < -0.39 is 5.97 Å². The number of nitrogens with zero attached hydrogens (tertiary/aromatic N) is 3. The van der Waals surface area contributed by atoms with E-state index in [0.717, 1.165) is 21.2 Å². The Morgan fingerprint density at radius 2 is 1.50 bits per heavy atom. The lowest BCUT2D eigenvalue weighted by Gasteiger charge is -2.31. The van der Waals surface area contributed by atoms with Crippen LogP contribution in [0, 0.1) is 0 Å². The zero-order valence-electron chi connectivity index (χ0n) is 16.1. The number of amides is 1. The quantitative estimate of drug-likeness (QED) is 0.430. The molecule has 4 aromatic rings. The summed E-state index contributed by atoms with van der Waals surface area (Å²) in [5.74, 6) is -0.101. The van der Waals surface area contributed by atoms with Gasteiger partial charge in [0.2, 0.25) is 0 Å². The highest BCUT2D eigenvalue weighted by Crippen LogP contribution is 2.48. The van der Waals surface area contributed by atoms with Crippen LogP contribution in [-0.4, -0.2) is 28.7 Å². The van der Waals surface area contributed by atoms with E-state index in [0.29, 0.717) is 16.9 Å². The number of aromatic nitrogens is 2. The molecule has 2 heterocycles. The van der Waals surface area contributed by atoms with Crippen LogP contribution in [-0.2, 0) is 16.0 Å². The highest BCUT2D eigenvalue weighted by molar-refractivity contribution is 7.99. The fourth-order valence-electron chi connectivity index (χ4n) is 3.62. The largest absolute Gasteiger partial charge is 0.469 e. The summed E-state index contributed by atoms with van der Waals surface area (Å²) in [6.45, 7) is 0. The van der Waals surface area contributed by atoms with Gasteiger partial charge in [0.15, 0.2) is 0 Å². The van der Waals surface area contributed by atoms with Crippen LogP contribution in [0.3, 0.4) is 0 Å². The molecular formula is C23H17N3O3S. The molecule has 0 atom stereocenters. The summed E-state index contributed by atoms with van der Waals surface area (Å²) in [6, 6.07) is 22.7. The van der Waals surface area contributed by atoms with Crippen molar-refractivity contribution in [1.82, 2.24) is 9.55 Å². The Morgan fingerprint density at radius 1 is 0.900 bits per heavy atom. The van der Waals surface area contributed by atoms with E-state index in [4.69, 9.17) is 4.74 Å². The van der Waals surface area contributed by atoms with Crippen molar-refractivity contribution in [2.45, 2.75) is 16.2 Å². The number of esters is 1. The number of anilines is 2. The van der Waals surface area contributed by atoms with Crippen LogP contribution >= 0.6 is 11.8 Å². The van der Waals surface area contributed by atoms with Gasteiger partial charge in [-0.05, 0) is 36.4 Å². The number of methoxy groups -OCH3 is 1. The van der Waals surface area contributed by atoms with Crippen LogP contribution in [0.25, 0.3) is 11.0 Å². The molecule has 0 saturated carbocycles. The fourth-order valence-corrected chi connectivity index (χ4v) is 4.68. The molecule has 1 amide bonds. The number of benzene rings is 3. The number of carbonyl (C=O) groups excluding carboxylic acids is 2. The molecule has 5 rings (SSSR count). The van der Waals surface area contributed by atoms with E-state index in [9.17, 15) is 9.59 Å². The van der Waals surface area contributed by atoms with Gasteiger partial charge in [0, 0.05) is 9.79 Å². The normalized spacial score (nSPS) is 12.4. The van der Waals surface area contributed by atoms with Crippen LogP contribution in [0.1, 0.15) is 5.82 Å². The number of imidazole rings is 1. The Hall–Kier alpha value is -3.58. The van der Waals surface area contributed by atoms with Crippen LogP contribution < -0.4 is 4.90 Å². The Morgan fingerprint density at radius 3 is 2.17 bits per heavy atom. The molecule has 0 bridgehead atoms. The first kappa shape index (κ1) is 18.4. The van der Waals surface area contributed by atoms with E-state index >= 15 is 0 Å². The molecule has 0 radical (unpaired) electrons. The van der Waals surface area contributed by atoms with Gasteiger partial charge in [0.25, 0.3) is 0 Å². The fraction of sp³-hybridized carbons (Fsp3) is 0.0870. The number of rotatable bonds is 2. The number of carbonyl (C=O) groups is 2. The summed E-state index contributed by atoms with van der Waals surface area (Å²) >= 11 is 1.63. The molecule has 148 valence electrons. The van der Waals surface area contributed by atoms with Crippen LogP contribution in [0.2, 0.25) is 0 Å². The first-order valence-corrected chi connectivity index (χ1v) is 10.2. The van der Waals surface area contributed by atoms with E-state index in [-0.39, 0.29) is 12.5 Å². The highest BCUT2D eigenvalue weighted by atomic mass is 32.2. The zero-order chi connectivity index (χ0) is 20.7. The average Bonchev–Trinajstić information content (AvgIpc) is 3.14. The molecule has 0 saturated heterocycles. The van der Waals surface area contributed by atoms with Crippen LogP contribution in [0.15, 0.2) is 82.6 Å². The van der Waals surface area contributed by atoms with Gasteiger partial charge in [-0.1, -0.05) is 48.2 Å². The minimum absolute atomic E-state index is 0.0944. The molecule has 0 aliphatic carbocycles. The van der Waals surface area contributed by atoms with Gasteiger partial charge in [0.1, 0.15) is 12.2 Å². The smallest absolute Gasteiger partial charge is 0.339 e. The third-order valence-electron chi connectivity index (χ3n) is 4.98. The molecule has 1 aliphatic rings. The maximum absolute atomic E-state index is 14.0. The lowest BCUT2D eigenvalue weighted by Crippen LogP contribution is -2.34. The van der Waals surface area contributed by atoms with Crippen molar-refractivity contribution < 1.29 is 14.3 Å². The van der Waals surface area contributed by atoms with Crippen molar-refractivity contribution in [2.24, 2.45) is 0 Å². The van der Waals surface area contributed by atoms with Gasteiger partial charge < -0.3 is 4.74 Å². The molecule has 1 aromatic heterocycles. The summed E-state index contributed by atoms with van der Waals surface area (Å²) in [5.41, 5.74) is 2.90. The molecule has 0 fully saturated rings. The molecule has 1 aliphatic heterocycles. The molecular weight excluding hydrogens is 398 g/mol. The predicted octanol–water partition coefficient (Wildman–Crippen LogP) is 5.02. The second kappa shape index (κ2) is 7.35. The van der Waals surface area contributed by atoms with Crippen molar-refractivity contribution in [3.8, 4) is 0 Å². The zero-order valence-corrected chi connectivity index (χ0v) is 16.9. The highest BCUT2D eigenvalue weighted by Gasteiger charge is 2.31. The monoisotopic (exact) mass is 415 g/mol. The molecule has 3 aromatic carbocycles. The van der Waals surface area contributed by atoms with Gasteiger partial charge in [-0.3, -0.25) is 9.69 Å². The Balaban J connectivity index is 1.72. The molecule has 7 heteroatoms. The summed E-state index contributed by atoms with van der Waals surface area (Å²) in [4.78, 5) is 34.2. The Bertz CT molecular complexity index is 1250. The van der Waals surface area contributed by atoms with Gasteiger partial charge in [-0.25, -0.2) is 14.3 Å². The number of fused-ring (bicyclic) bond motifs is 3. The number of hydrogen-bond donors (Lipinski definition) is 0. The average molecular weight is 415 g/mol. The SMILES string of the molecule is COC(=O)Cc1nc2ccccc2n1C(=O)N1c2ccccc2Sc2ccccc21. The number of hydrogen-bond acceptors (Lipinski definition) is 5. The van der Waals surface area contributed by atoms with Crippen molar-refractivity contribution in [2.75, 3.05) is 12.0 Å². The second-order valence-corrected chi connectivity index (χ2v) is 7.84. The minimum Gasteiger partial charge on any atom is -0.469 e. The lowest BCUT2D eigenvalue weighted by molar-refractivity contribution is -0.139. The number of ether oxygens (including phenoxy) is 1. The van der Waals surface area contributed by atoms with Crippen LogP contribution in [0.5, 0.6) is 0 Å². The maximum Gasteiger partial charge on any atom is 0.339 e. The topological polar surface area (TPSA) is 64.4 Å².